The SMILES string of the molecule is C=C.C=C.C=C.C=C.C=C.C=C.C=C.Cn1cnc2c(ncn2[C@@H]2O[C@H](CO)[C@@H](O)[C@H]2O)c1=N. The van der Waals surface area contributed by atoms with E-state index in [0.29, 0.717) is 11.2 Å². The summed E-state index contributed by atoms with van der Waals surface area (Å²) in [5.74, 6) is 0. The van der Waals surface area contributed by atoms with Crippen molar-refractivity contribution >= 4 is 11.2 Å². The highest BCUT2D eigenvalue weighted by Crippen LogP contribution is 2.30. The Kier molecular flexibility index (Phi) is 32.8. The second-order valence-electron chi connectivity index (χ2n) is 4.76. The van der Waals surface area contributed by atoms with Gasteiger partial charge in [-0.2, -0.15) is 0 Å². The Hall–Kier alpha value is -3.63. The zero-order valence-electron chi connectivity index (χ0n) is 20.6. The van der Waals surface area contributed by atoms with Crippen molar-refractivity contribution in [2.75, 3.05) is 6.61 Å². The number of nitrogens with zero attached hydrogens (tertiary/aromatic N) is 4. The Morgan fingerprint density at radius 2 is 1.26 bits per heavy atom. The molecular formula is C25H43N5O4. The number of imidazole rings is 1. The van der Waals surface area contributed by atoms with Gasteiger partial charge in [-0.05, 0) is 0 Å². The molecule has 0 saturated carbocycles. The highest BCUT2D eigenvalue weighted by Gasteiger charge is 2.43. The lowest BCUT2D eigenvalue weighted by atomic mass is 10.1. The first kappa shape index (κ1) is 40.7. The van der Waals surface area contributed by atoms with Gasteiger partial charge in [0.05, 0.1) is 19.3 Å². The average Bonchev–Trinajstić information content (AvgIpc) is 3.50. The molecule has 9 nitrogen and oxygen atoms in total. The molecule has 3 rings (SSSR count). The van der Waals surface area contributed by atoms with Crippen LogP contribution in [0.4, 0.5) is 0 Å². The summed E-state index contributed by atoms with van der Waals surface area (Å²) in [6.07, 6.45) is -1.28. The van der Waals surface area contributed by atoms with Crippen LogP contribution >= 0.6 is 0 Å². The standard InChI is InChI=1S/C11H15N5O4.7C2H4/c1-15-3-14-10-6(9(15)12)13-4-16(10)11-8(19)7(18)5(2-17)20-11;7*1-2/h3-5,7-8,11-12,17-19H,2H2,1H3;7*1-2H2/t5-,7-,8-,11-;;;;;;;/m1......./s1. The molecule has 2 aromatic heterocycles. The third kappa shape index (κ3) is 10.8. The summed E-state index contributed by atoms with van der Waals surface area (Å²) in [4.78, 5) is 8.26. The zero-order chi connectivity index (χ0) is 28.4. The Labute approximate surface area is 204 Å². The van der Waals surface area contributed by atoms with Gasteiger partial charge in [-0.3, -0.25) is 9.98 Å². The van der Waals surface area contributed by atoms with E-state index in [1.54, 1.807) is 7.05 Å². The van der Waals surface area contributed by atoms with Crippen LogP contribution in [-0.2, 0) is 11.8 Å². The van der Waals surface area contributed by atoms with E-state index in [1.165, 1.54) is 21.8 Å². The van der Waals surface area contributed by atoms with Gasteiger partial charge < -0.3 is 24.6 Å². The van der Waals surface area contributed by atoms with Crippen LogP contribution in [0, 0.1) is 5.41 Å². The van der Waals surface area contributed by atoms with Crippen molar-refractivity contribution in [3.05, 3.63) is 110 Å². The predicted octanol–water partition coefficient (Wildman–Crippen LogP) is 3.48. The van der Waals surface area contributed by atoms with Crippen LogP contribution in [0.15, 0.2) is 105 Å². The number of hydrogen-bond acceptors (Lipinski definition) is 7. The fourth-order valence-corrected chi connectivity index (χ4v) is 2.31. The number of rotatable bonds is 2. The summed E-state index contributed by atoms with van der Waals surface area (Å²) in [5, 5.41) is 36.8. The Balaban J connectivity index is -0.000000173. The molecule has 0 amide bonds. The van der Waals surface area contributed by atoms with E-state index in [1.807, 2.05) is 0 Å². The van der Waals surface area contributed by atoms with Gasteiger partial charge in [-0.15, -0.1) is 92.1 Å². The third-order valence-corrected chi connectivity index (χ3v) is 3.49. The maximum absolute atomic E-state index is 10.00. The third-order valence-electron chi connectivity index (χ3n) is 3.49. The van der Waals surface area contributed by atoms with Crippen molar-refractivity contribution in [1.29, 1.82) is 5.41 Å². The van der Waals surface area contributed by atoms with Gasteiger partial charge in [0, 0.05) is 7.05 Å². The zero-order valence-corrected chi connectivity index (χ0v) is 20.6. The predicted molar refractivity (Wildman–Crippen MR) is 144 cm³/mol. The molecule has 1 aliphatic heterocycles. The molecule has 0 aliphatic carbocycles. The number of ether oxygens (including phenoxy) is 1. The number of aromatic nitrogens is 4. The van der Waals surface area contributed by atoms with E-state index in [0.717, 1.165) is 0 Å². The largest absolute Gasteiger partial charge is 0.394 e. The normalized spacial score (nSPS) is 18.6. The molecule has 4 N–H and O–H groups in total. The maximum Gasteiger partial charge on any atom is 0.167 e. The fraction of sp³-hybridized carbons (Fsp3) is 0.240. The van der Waals surface area contributed by atoms with Gasteiger partial charge in [-0.1, -0.05) is 0 Å². The summed E-state index contributed by atoms with van der Waals surface area (Å²) < 4.78 is 8.39. The monoisotopic (exact) mass is 477 g/mol. The van der Waals surface area contributed by atoms with Crippen molar-refractivity contribution < 1.29 is 20.1 Å². The summed E-state index contributed by atoms with van der Waals surface area (Å²) in [6, 6.07) is 0. The molecule has 0 bridgehead atoms. The van der Waals surface area contributed by atoms with Gasteiger partial charge in [-0.25, -0.2) is 9.97 Å². The molecule has 34 heavy (non-hydrogen) atoms. The number of fused-ring (bicyclic) bond motifs is 1. The lowest BCUT2D eigenvalue weighted by Crippen LogP contribution is -2.33. The summed E-state index contributed by atoms with van der Waals surface area (Å²) in [6.45, 7) is 41.6. The first-order valence-electron chi connectivity index (χ1n) is 9.59. The van der Waals surface area contributed by atoms with Crippen molar-refractivity contribution in [1.82, 2.24) is 19.1 Å². The molecular weight excluding hydrogens is 434 g/mol. The number of aliphatic hydroxyl groups excluding tert-OH is 3. The van der Waals surface area contributed by atoms with Gasteiger partial charge in [0.1, 0.15) is 23.8 Å². The molecule has 0 radical (unpaired) electrons. The average molecular weight is 478 g/mol. The minimum Gasteiger partial charge on any atom is -0.394 e. The fourth-order valence-electron chi connectivity index (χ4n) is 2.31. The Morgan fingerprint density at radius 3 is 1.65 bits per heavy atom. The van der Waals surface area contributed by atoms with Crippen LogP contribution in [0.5, 0.6) is 0 Å². The lowest BCUT2D eigenvalue weighted by molar-refractivity contribution is -0.0511. The van der Waals surface area contributed by atoms with Crippen LogP contribution in [0.1, 0.15) is 6.23 Å². The highest BCUT2D eigenvalue weighted by molar-refractivity contribution is 5.68. The van der Waals surface area contributed by atoms with Crippen molar-refractivity contribution in [2.24, 2.45) is 7.05 Å². The van der Waals surface area contributed by atoms with Crippen LogP contribution in [0.3, 0.4) is 0 Å². The molecule has 3 heterocycles. The molecule has 192 valence electrons. The van der Waals surface area contributed by atoms with E-state index in [2.05, 4.69) is 102 Å². The van der Waals surface area contributed by atoms with Gasteiger partial charge in [0.2, 0.25) is 0 Å². The Bertz CT molecular complexity index is 789. The second kappa shape index (κ2) is 27.4. The lowest BCUT2D eigenvalue weighted by Gasteiger charge is -2.16. The van der Waals surface area contributed by atoms with Crippen molar-refractivity contribution in [2.45, 2.75) is 24.5 Å². The minimum absolute atomic E-state index is 0.181. The number of aryl methyl sites for hydroxylation is 1. The van der Waals surface area contributed by atoms with E-state index >= 15 is 0 Å². The van der Waals surface area contributed by atoms with Crippen LogP contribution in [0.2, 0.25) is 0 Å². The number of nitrogens with one attached hydrogen (secondary N) is 1. The minimum atomic E-state index is -1.20. The molecule has 0 aromatic carbocycles. The van der Waals surface area contributed by atoms with Crippen molar-refractivity contribution in [3.63, 3.8) is 0 Å². The van der Waals surface area contributed by atoms with Gasteiger partial charge >= 0.3 is 0 Å². The summed E-state index contributed by atoms with van der Waals surface area (Å²) >= 11 is 0. The van der Waals surface area contributed by atoms with Crippen molar-refractivity contribution in [3.8, 4) is 0 Å². The molecule has 1 saturated heterocycles. The number of aliphatic hydroxyl groups is 3. The molecule has 2 aromatic rings. The topological polar surface area (TPSA) is 129 Å². The first-order chi connectivity index (χ1) is 16.5. The quantitative estimate of drug-likeness (QED) is 0.490. The number of hydrogen-bond donors (Lipinski definition) is 4. The molecule has 1 fully saturated rings. The van der Waals surface area contributed by atoms with Crippen LogP contribution in [-0.4, -0.2) is 59.3 Å². The molecule has 0 unspecified atom stereocenters. The molecule has 0 spiro atoms. The summed E-state index contributed by atoms with van der Waals surface area (Å²) in [7, 11) is 1.68. The van der Waals surface area contributed by atoms with Crippen LogP contribution < -0.4 is 5.49 Å². The Morgan fingerprint density at radius 1 is 0.824 bits per heavy atom. The van der Waals surface area contributed by atoms with E-state index in [4.69, 9.17) is 15.3 Å². The summed E-state index contributed by atoms with van der Waals surface area (Å²) in [5.41, 5.74) is 0.927. The highest BCUT2D eigenvalue weighted by atomic mass is 16.6. The van der Waals surface area contributed by atoms with E-state index in [-0.39, 0.29) is 5.49 Å². The molecule has 9 heteroatoms. The molecule has 1 aliphatic rings. The van der Waals surface area contributed by atoms with Crippen LogP contribution in [0.25, 0.3) is 11.2 Å². The molecule has 4 atom stereocenters. The van der Waals surface area contributed by atoms with Gasteiger partial charge in [0.15, 0.2) is 17.4 Å². The maximum atomic E-state index is 10.00. The van der Waals surface area contributed by atoms with E-state index < -0.39 is 31.1 Å². The van der Waals surface area contributed by atoms with Gasteiger partial charge in [0.25, 0.3) is 0 Å². The smallest absolute Gasteiger partial charge is 0.167 e. The second-order valence-corrected chi connectivity index (χ2v) is 4.76. The first-order valence-corrected chi connectivity index (χ1v) is 9.59. The van der Waals surface area contributed by atoms with E-state index in [9.17, 15) is 10.2 Å².